The maximum atomic E-state index is 15.1. The van der Waals surface area contributed by atoms with Crippen LogP contribution in [0.25, 0.3) is 0 Å². The molecule has 0 bridgehead atoms. The first-order chi connectivity index (χ1) is 24.9. The molecule has 4 heterocycles. The van der Waals surface area contributed by atoms with Crippen molar-refractivity contribution < 1.29 is 23.8 Å². The second-order valence-corrected chi connectivity index (χ2v) is 14.5. The van der Waals surface area contributed by atoms with E-state index in [-0.39, 0.29) is 35.7 Å². The summed E-state index contributed by atoms with van der Waals surface area (Å²) in [6, 6.07) is 30.9. The van der Waals surface area contributed by atoms with Crippen molar-refractivity contribution >= 4 is 17.5 Å². The first-order valence-corrected chi connectivity index (χ1v) is 18.3. The Labute approximate surface area is 298 Å². The predicted molar refractivity (Wildman–Crippen MR) is 195 cm³/mol. The molecule has 0 radical (unpaired) electrons. The van der Waals surface area contributed by atoms with Gasteiger partial charge in [-0.1, -0.05) is 60.7 Å². The largest absolute Gasteiger partial charge is 0.508 e. The minimum atomic E-state index is -0.606. The maximum absolute atomic E-state index is 15.1. The number of carbonyl (C=O) groups excluding carboxylic acids is 2. The smallest absolute Gasteiger partial charge is 0.234 e. The molecular weight excluding hydrogens is 643 g/mol. The number of phenols is 1. The molecular formula is C42H45FN4O4. The molecule has 0 aromatic heterocycles. The van der Waals surface area contributed by atoms with Gasteiger partial charge in [0.2, 0.25) is 11.8 Å². The van der Waals surface area contributed by atoms with Gasteiger partial charge in [-0.15, -0.1) is 0 Å². The number of phenolic OH excluding ortho intramolecular Hbond substituents is 1. The minimum absolute atomic E-state index is 0.131. The Hall–Kier alpha value is -4.73. The standard InChI is InChI=1S/C42H45FN4O4/c43-38-24-28(6-12-34(38)35-14-15-40(49)44-42(35)50)26-45-20-22-47(23-21-45)32-16-18-46(19-17-32)31-9-7-30(8-10-31)41-36-13-11-33(48)25-39(36)51-27-37(41)29-4-2-1-3-5-29/h1-13,24-25,32,35,37,41,48H,14-23,26-27H2,(H,44,49,50). The molecule has 4 aliphatic heterocycles. The fourth-order valence-corrected chi connectivity index (χ4v) is 8.67. The number of hydrogen-bond donors (Lipinski definition) is 2. The highest BCUT2D eigenvalue weighted by Gasteiger charge is 2.34. The van der Waals surface area contributed by atoms with Crippen molar-refractivity contribution in [2.75, 3.05) is 50.8 Å². The Kier molecular flexibility index (Phi) is 9.49. The van der Waals surface area contributed by atoms with Crippen molar-refractivity contribution in [1.82, 2.24) is 15.1 Å². The molecule has 2 amide bonds. The molecule has 3 unspecified atom stereocenters. The zero-order chi connectivity index (χ0) is 34.9. The summed E-state index contributed by atoms with van der Waals surface area (Å²) in [5, 5.41) is 12.5. The molecule has 8 rings (SSSR count). The summed E-state index contributed by atoms with van der Waals surface area (Å²) in [6.07, 6.45) is 2.84. The number of nitrogens with one attached hydrogen (secondary N) is 1. The van der Waals surface area contributed by atoms with Gasteiger partial charge in [0, 0.05) is 93.0 Å². The Morgan fingerprint density at radius 2 is 1.53 bits per heavy atom. The van der Waals surface area contributed by atoms with E-state index in [0.29, 0.717) is 31.2 Å². The van der Waals surface area contributed by atoms with Crippen LogP contribution < -0.4 is 15.0 Å². The molecule has 264 valence electrons. The van der Waals surface area contributed by atoms with E-state index in [2.05, 4.69) is 68.5 Å². The second-order valence-electron chi connectivity index (χ2n) is 14.5. The molecule has 2 N–H and O–H groups in total. The van der Waals surface area contributed by atoms with E-state index in [1.165, 1.54) is 16.8 Å². The maximum Gasteiger partial charge on any atom is 0.234 e. The van der Waals surface area contributed by atoms with Crippen LogP contribution in [-0.4, -0.2) is 78.6 Å². The summed E-state index contributed by atoms with van der Waals surface area (Å²) in [5.41, 5.74) is 6.15. The minimum Gasteiger partial charge on any atom is -0.508 e. The van der Waals surface area contributed by atoms with E-state index in [9.17, 15) is 14.7 Å². The number of nitrogens with zero attached hydrogens (tertiary/aromatic N) is 3. The summed E-state index contributed by atoms with van der Waals surface area (Å²) in [4.78, 5) is 31.3. The van der Waals surface area contributed by atoms with Crippen LogP contribution in [0.2, 0.25) is 0 Å². The van der Waals surface area contributed by atoms with Crippen LogP contribution in [0.3, 0.4) is 0 Å². The number of imide groups is 1. The lowest BCUT2D eigenvalue weighted by Gasteiger charge is -2.43. The molecule has 3 fully saturated rings. The molecule has 4 aromatic carbocycles. The number of carbonyl (C=O) groups is 2. The number of aromatic hydroxyl groups is 1. The molecule has 8 nitrogen and oxygen atoms in total. The Balaban J connectivity index is 0.852. The average molecular weight is 689 g/mol. The lowest BCUT2D eigenvalue weighted by Crippen LogP contribution is -2.53. The second kappa shape index (κ2) is 14.5. The summed E-state index contributed by atoms with van der Waals surface area (Å²) in [6.45, 7) is 7.18. The first kappa shape index (κ1) is 33.4. The SMILES string of the molecule is O=C1CCC(c2ccc(CN3CCN(C4CCN(c5ccc(C6c7ccc(O)cc7OCC6c6ccccc6)cc5)CC4)CC3)cc2F)C(=O)N1. The molecule has 9 heteroatoms. The van der Waals surface area contributed by atoms with Gasteiger partial charge in [-0.2, -0.15) is 0 Å². The molecule has 3 atom stereocenters. The summed E-state index contributed by atoms with van der Waals surface area (Å²) < 4.78 is 21.2. The molecule has 4 aromatic rings. The number of ether oxygens (including phenoxy) is 1. The summed E-state index contributed by atoms with van der Waals surface area (Å²) >= 11 is 0. The Bertz CT molecular complexity index is 1870. The van der Waals surface area contributed by atoms with E-state index in [4.69, 9.17) is 4.74 Å². The normalized spacial score (nSPS) is 23.4. The predicted octanol–water partition coefficient (Wildman–Crippen LogP) is 6.15. The van der Waals surface area contributed by atoms with Gasteiger partial charge in [-0.25, -0.2) is 4.39 Å². The summed E-state index contributed by atoms with van der Waals surface area (Å²) in [7, 11) is 0. The van der Waals surface area contributed by atoms with E-state index in [1.807, 2.05) is 18.2 Å². The van der Waals surface area contributed by atoms with Gasteiger partial charge in [-0.05, 0) is 60.2 Å². The number of fused-ring (bicyclic) bond motifs is 1. The van der Waals surface area contributed by atoms with Gasteiger partial charge in [0.25, 0.3) is 0 Å². The zero-order valence-corrected chi connectivity index (χ0v) is 28.8. The topological polar surface area (TPSA) is 85.4 Å². The zero-order valence-electron chi connectivity index (χ0n) is 28.8. The van der Waals surface area contributed by atoms with E-state index >= 15 is 4.39 Å². The van der Waals surface area contributed by atoms with Crippen molar-refractivity contribution in [3.05, 3.63) is 125 Å². The molecule has 0 spiro atoms. The Morgan fingerprint density at radius 1 is 0.784 bits per heavy atom. The number of amides is 2. The van der Waals surface area contributed by atoms with Crippen LogP contribution >= 0.6 is 0 Å². The molecule has 0 aliphatic carbocycles. The molecule has 3 saturated heterocycles. The van der Waals surface area contributed by atoms with Crippen LogP contribution in [0.4, 0.5) is 10.1 Å². The fourth-order valence-electron chi connectivity index (χ4n) is 8.67. The van der Waals surface area contributed by atoms with Crippen LogP contribution in [0.1, 0.15) is 71.3 Å². The van der Waals surface area contributed by atoms with Crippen LogP contribution in [-0.2, 0) is 16.1 Å². The molecule has 51 heavy (non-hydrogen) atoms. The molecule has 0 saturated carbocycles. The fraction of sp³-hybridized carbons (Fsp3) is 0.381. The van der Waals surface area contributed by atoms with Gasteiger partial charge < -0.3 is 14.7 Å². The van der Waals surface area contributed by atoms with Gasteiger partial charge >= 0.3 is 0 Å². The van der Waals surface area contributed by atoms with Crippen LogP contribution in [0, 0.1) is 5.82 Å². The number of halogens is 1. The van der Waals surface area contributed by atoms with Crippen molar-refractivity contribution in [3.8, 4) is 11.5 Å². The highest BCUT2D eigenvalue weighted by molar-refractivity contribution is 6.00. The summed E-state index contributed by atoms with van der Waals surface area (Å²) in [5.74, 6) is -0.381. The van der Waals surface area contributed by atoms with Crippen LogP contribution in [0.5, 0.6) is 11.5 Å². The first-order valence-electron chi connectivity index (χ1n) is 18.3. The number of benzene rings is 4. The Morgan fingerprint density at radius 3 is 2.25 bits per heavy atom. The third-order valence-electron chi connectivity index (χ3n) is 11.5. The third-order valence-corrected chi connectivity index (χ3v) is 11.5. The lowest BCUT2D eigenvalue weighted by molar-refractivity contribution is -0.134. The highest BCUT2D eigenvalue weighted by Crippen LogP contribution is 2.47. The number of hydrogen-bond acceptors (Lipinski definition) is 7. The monoisotopic (exact) mass is 688 g/mol. The number of piperidine rings is 2. The van der Waals surface area contributed by atoms with Gasteiger partial charge in [0.05, 0.1) is 12.5 Å². The van der Waals surface area contributed by atoms with Gasteiger partial charge in [-0.3, -0.25) is 24.7 Å². The van der Waals surface area contributed by atoms with E-state index in [0.717, 1.165) is 69.0 Å². The van der Waals surface area contributed by atoms with Crippen molar-refractivity contribution in [2.24, 2.45) is 0 Å². The van der Waals surface area contributed by atoms with Crippen molar-refractivity contribution in [3.63, 3.8) is 0 Å². The lowest BCUT2D eigenvalue weighted by atomic mass is 9.76. The van der Waals surface area contributed by atoms with E-state index in [1.54, 1.807) is 24.3 Å². The van der Waals surface area contributed by atoms with E-state index < -0.39 is 11.8 Å². The van der Waals surface area contributed by atoms with Gasteiger partial charge in [0.1, 0.15) is 17.3 Å². The quantitative estimate of drug-likeness (QED) is 0.226. The van der Waals surface area contributed by atoms with Crippen molar-refractivity contribution in [1.29, 1.82) is 0 Å². The van der Waals surface area contributed by atoms with Crippen molar-refractivity contribution in [2.45, 2.75) is 56.0 Å². The number of piperazine rings is 1. The van der Waals surface area contributed by atoms with Gasteiger partial charge in [0.15, 0.2) is 0 Å². The molecule has 4 aliphatic rings. The average Bonchev–Trinajstić information content (AvgIpc) is 3.16. The third kappa shape index (κ3) is 7.10. The number of rotatable bonds is 7. The number of anilines is 1. The van der Waals surface area contributed by atoms with Crippen LogP contribution in [0.15, 0.2) is 91.0 Å². The highest BCUT2D eigenvalue weighted by atomic mass is 19.1.